The monoisotopic (exact) mass is 271 g/mol. The van der Waals surface area contributed by atoms with Gasteiger partial charge >= 0.3 is 16.5 Å². The predicted molar refractivity (Wildman–Crippen MR) is 51.7 cm³/mol. The largest absolute Gasteiger partial charge is 0.492 e. The third-order valence-corrected chi connectivity index (χ3v) is 2.11. The second-order valence-corrected chi connectivity index (χ2v) is 4.06. The molecule has 0 aromatic heterocycles. The molecule has 9 heteroatoms. The van der Waals surface area contributed by atoms with Gasteiger partial charge in [-0.05, 0) is 12.1 Å². The molecule has 0 aliphatic rings. The molecule has 0 aliphatic carbocycles. The van der Waals surface area contributed by atoms with Gasteiger partial charge in [0.2, 0.25) is 0 Å². The van der Waals surface area contributed by atoms with Crippen LogP contribution in [-0.4, -0.2) is 15.5 Å². The molecule has 0 bridgehead atoms. The second-order valence-electron chi connectivity index (χ2n) is 2.91. The highest BCUT2D eigenvalue weighted by Crippen LogP contribution is 2.41. The highest BCUT2D eigenvalue weighted by Gasteiger charge is 2.36. The van der Waals surface area contributed by atoms with Crippen molar-refractivity contribution in [2.24, 2.45) is 5.14 Å². The normalized spacial score (nSPS) is 12.3. The van der Waals surface area contributed by atoms with E-state index in [1.165, 1.54) is 0 Å². The van der Waals surface area contributed by atoms with Gasteiger partial charge in [0.15, 0.2) is 11.5 Å². The van der Waals surface area contributed by atoms with Crippen LogP contribution in [0.2, 0.25) is 0 Å². The SMILES string of the molecule is COc1c(OS(N)(=O)=O)cccc1C(F)(F)F. The third-order valence-electron chi connectivity index (χ3n) is 1.69. The van der Waals surface area contributed by atoms with Gasteiger partial charge in [0.1, 0.15) is 5.56 Å². The predicted octanol–water partition coefficient (Wildman–Crippen LogP) is 1.30. The van der Waals surface area contributed by atoms with Crippen LogP contribution in [0.1, 0.15) is 5.56 Å². The molecule has 0 saturated carbocycles. The van der Waals surface area contributed by atoms with Crippen molar-refractivity contribution >= 4 is 10.3 Å². The Hall–Kier alpha value is -1.48. The van der Waals surface area contributed by atoms with E-state index in [1.807, 2.05) is 0 Å². The minimum atomic E-state index is -4.69. The molecular formula is C8H8F3NO4S. The number of hydrogen-bond acceptors (Lipinski definition) is 4. The lowest BCUT2D eigenvalue weighted by Crippen LogP contribution is -2.20. The summed E-state index contributed by atoms with van der Waals surface area (Å²) in [5.74, 6) is -1.36. The molecule has 0 saturated heterocycles. The van der Waals surface area contributed by atoms with Gasteiger partial charge in [0, 0.05) is 0 Å². The molecule has 0 fully saturated rings. The van der Waals surface area contributed by atoms with Crippen LogP contribution in [0, 0.1) is 0 Å². The summed E-state index contributed by atoms with van der Waals surface area (Å²) >= 11 is 0. The first-order valence-corrected chi connectivity index (χ1v) is 5.58. The Bertz CT molecular complexity index is 512. The first kappa shape index (κ1) is 13.6. The summed E-state index contributed by atoms with van der Waals surface area (Å²) in [6, 6.07) is 2.71. The van der Waals surface area contributed by atoms with Gasteiger partial charge < -0.3 is 8.92 Å². The highest BCUT2D eigenvalue weighted by atomic mass is 32.2. The van der Waals surface area contributed by atoms with Crippen molar-refractivity contribution in [3.05, 3.63) is 23.8 Å². The van der Waals surface area contributed by atoms with E-state index in [9.17, 15) is 21.6 Å². The Kier molecular flexibility index (Phi) is 3.53. The van der Waals surface area contributed by atoms with E-state index in [4.69, 9.17) is 0 Å². The molecule has 96 valence electrons. The standard InChI is InChI=1S/C8H8F3NO4S/c1-15-7-5(8(9,10)11)3-2-4-6(7)16-17(12,13)14/h2-4H,1H3,(H2,12,13,14). The van der Waals surface area contributed by atoms with Crippen LogP contribution in [0.3, 0.4) is 0 Å². The van der Waals surface area contributed by atoms with Crippen LogP contribution in [0.5, 0.6) is 11.5 Å². The smallest absolute Gasteiger partial charge is 0.420 e. The maximum absolute atomic E-state index is 12.5. The summed E-state index contributed by atoms with van der Waals surface area (Å²) < 4.78 is 67.6. The Morgan fingerprint density at radius 1 is 1.29 bits per heavy atom. The lowest BCUT2D eigenvalue weighted by atomic mass is 10.2. The Balaban J connectivity index is 3.34. The van der Waals surface area contributed by atoms with Crippen molar-refractivity contribution in [3.8, 4) is 11.5 Å². The number of benzene rings is 1. The van der Waals surface area contributed by atoms with Gasteiger partial charge in [0.25, 0.3) is 0 Å². The zero-order chi connectivity index (χ0) is 13.3. The fourth-order valence-electron chi connectivity index (χ4n) is 1.14. The Morgan fingerprint density at radius 2 is 1.88 bits per heavy atom. The second kappa shape index (κ2) is 4.41. The van der Waals surface area contributed by atoms with Gasteiger partial charge in [-0.2, -0.15) is 26.7 Å². The van der Waals surface area contributed by atoms with E-state index < -0.39 is 33.5 Å². The zero-order valence-electron chi connectivity index (χ0n) is 8.48. The molecule has 1 aromatic carbocycles. The first-order valence-electron chi connectivity index (χ1n) is 4.11. The lowest BCUT2D eigenvalue weighted by molar-refractivity contribution is -0.138. The van der Waals surface area contributed by atoms with Crippen molar-refractivity contribution < 1.29 is 30.5 Å². The van der Waals surface area contributed by atoms with Gasteiger partial charge in [-0.1, -0.05) is 6.07 Å². The van der Waals surface area contributed by atoms with E-state index in [1.54, 1.807) is 0 Å². The summed E-state index contributed by atoms with van der Waals surface area (Å²) in [4.78, 5) is 0. The van der Waals surface area contributed by atoms with Crippen LogP contribution in [-0.2, 0) is 16.5 Å². The van der Waals surface area contributed by atoms with Crippen molar-refractivity contribution in [2.45, 2.75) is 6.18 Å². The topological polar surface area (TPSA) is 78.6 Å². The van der Waals surface area contributed by atoms with Crippen LogP contribution in [0.25, 0.3) is 0 Å². The van der Waals surface area contributed by atoms with E-state index in [2.05, 4.69) is 14.1 Å². The zero-order valence-corrected chi connectivity index (χ0v) is 9.30. The molecule has 0 atom stereocenters. The molecule has 0 unspecified atom stereocenters. The fraction of sp³-hybridized carbons (Fsp3) is 0.250. The summed E-state index contributed by atoms with van der Waals surface area (Å²) in [5, 5.41) is 4.56. The number of ether oxygens (including phenoxy) is 1. The van der Waals surface area contributed by atoms with Gasteiger partial charge in [0.05, 0.1) is 7.11 Å². The molecule has 1 rings (SSSR count). The van der Waals surface area contributed by atoms with E-state index in [0.717, 1.165) is 25.3 Å². The van der Waals surface area contributed by atoms with Crippen LogP contribution >= 0.6 is 0 Å². The molecule has 0 spiro atoms. The average Bonchev–Trinajstić information content (AvgIpc) is 2.13. The van der Waals surface area contributed by atoms with Gasteiger partial charge in [-0.25, -0.2) is 0 Å². The number of halogens is 3. The number of rotatable bonds is 3. The highest BCUT2D eigenvalue weighted by molar-refractivity contribution is 7.84. The van der Waals surface area contributed by atoms with E-state index in [0.29, 0.717) is 0 Å². The van der Waals surface area contributed by atoms with E-state index >= 15 is 0 Å². The number of para-hydroxylation sites is 1. The molecule has 0 radical (unpaired) electrons. The Labute approximate surface area is 95.2 Å². The maximum atomic E-state index is 12.5. The van der Waals surface area contributed by atoms with Crippen LogP contribution < -0.4 is 14.1 Å². The first-order chi connectivity index (χ1) is 7.65. The lowest BCUT2D eigenvalue weighted by Gasteiger charge is -2.14. The van der Waals surface area contributed by atoms with Crippen molar-refractivity contribution in [1.82, 2.24) is 0 Å². The minimum absolute atomic E-state index is 0.621. The van der Waals surface area contributed by atoms with E-state index in [-0.39, 0.29) is 0 Å². The summed E-state index contributed by atoms with van der Waals surface area (Å²) in [7, 11) is -3.46. The molecule has 0 heterocycles. The quantitative estimate of drug-likeness (QED) is 0.898. The molecule has 1 aromatic rings. The average molecular weight is 271 g/mol. The van der Waals surface area contributed by atoms with Crippen molar-refractivity contribution in [2.75, 3.05) is 7.11 Å². The number of methoxy groups -OCH3 is 1. The Morgan fingerprint density at radius 3 is 2.29 bits per heavy atom. The summed E-state index contributed by atoms with van der Waals surface area (Å²) in [6.45, 7) is 0. The number of hydrogen-bond donors (Lipinski definition) is 1. The van der Waals surface area contributed by atoms with Crippen molar-refractivity contribution in [3.63, 3.8) is 0 Å². The molecule has 5 nitrogen and oxygen atoms in total. The molecular weight excluding hydrogens is 263 g/mol. The summed E-state index contributed by atoms with van der Waals surface area (Å²) in [6.07, 6.45) is -4.69. The molecule has 2 N–H and O–H groups in total. The molecule has 0 amide bonds. The number of alkyl halides is 3. The van der Waals surface area contributed by atoms with Gasteiger partial charge in [-0.15, -0.1) is 0 Å². The molecule has 17 heavy (non-hydrogen) atoms. The summed E-state index contributed by atoms with van der Waals surface area (Å²) in [5.41, 5.74) is -1.15. The fourth-order valence-corrected chi connectivity index (χ4v) is 1.52. The number of nitrogens with two attached hydrogens (primary N) is 1. The third kappa shape index (κ3) is 3.49. The molecule has 0 aliphatic heterocycles. The van der Waals surface area contributed by atoms with Crippen LogP contribution in [0.4, 0.5) is 13.2 Å². The van der Waals surface area contributed by atoms with Crippen molar-refractivity contribution in [1.29, 1.82) is 0 Å². The van der Waals surface area contributed by atoms with Gasteiger partial charge in [-0.3, -0.25) is 0 Å². The van der Waals surface area contributed by atoms with Crippen LogP contribution in [0.15, 0.2) is 18.2 Å². The maximum Gasteiger partial charge on any atom is 0.420 e. The minimum Gasteiger partial charge on any atom is -0.492 e.